The number of amides is 1. The lowest BCUT2D eigenvalue weighted by Crippen LogP contribution is -2.41. The molecule has 4 rings (SSSR count). The number of hydrogen-bond acceptors (Lipinski definition) is 9. The van der Waals surface area contributed by atoms with E-state index in [0.29, 0.717) is 6.54 Å². The van der Waals surface area contributed by atoms with Crippen LogP contribution in [0.5, 0.6) is 5.75 Å². The molecule has 2 aromatic heterocycles. The fourth-order valence-corrected chi connectivity index (χ4v) is 5.29. The molecule has 0 radical (unpaired) electrons. The van der Waals surface area contributed by atoms with Gasteiger partial charge in [0.05, 0.1) is 27.3 Å². The summed E-state index contributed by atoms with van der Waals surface area (Å²) in [5.74, 6) is -0.820. The Hall–Kier alpha value is -3.27. The first-order chi connectivity index (χ1) is 15.5. The number of pyridine rings is 1. The average Bonchev–Trinajstić information content (AvgIpc) is 3.17. The van der Waals surface area contributed by atoms with Crippen molar-refractivity contribution in [3.05, 3.63) is 54.0 Å². The topological polar surface area (TPSA) is 125 Å². The standard InChI is InChI=1S/C23H27N5O4S/c1-6-28(5)22(32)16-17(29)12(8-10-24-16)26-14-15(19(31)18(14)30)27-21-20-13(25-11(2)33-20)7-9-23(21,3)4/h8,10,21,27,29H,6-7,9H2,1-5H3,(H,24,26). The Labute approximate surface area is 195 Å². The molecule has 174 valence electrons. The number of nitrogens with zero attached hydrogens (tertiary/aromatic N) is 3. The monoisotopic (exact) mass is 469 g/mol. The number of rotatable bonds is 6. The maximum Gasteiger partial charge on any atom is 0.276 e. The molecule has 0 aliphatic heterocycles. The van der Waals surface area contributed by atoms with Crippen LogP contribution >= 0.6 is 11.3 Å². The fraction of sp³-hybridized carbons (Fsp3) is 0.435. The Morgan fingerprint density at radius 3 is 2.70 bits per heavy atom. The zero-order valence-corrected chi connectivity index (χ0v) is 20.1. The van der Waals surface area contributed by atoms with Crippen LogP contribution in [-0.2, 0) is 6.42 Å². The van der Waals surface area contributed by atoms with E-state index in [4.69, 9.17) is 0 Å². The normalized spacial score (nSPS) is 16.9. The zero-order chi connectivity index (χ0) is 24.1. The highest BCUT2D eigenvalue weighted by Gasteiger charge is 2.40. The first kappa shape index (κ1) is 22.9. The van der Waals surface area contributed by atoms with Gasteiger partial charge in [-0.15, -0.1) is 11.3 Å². The van der Waals surface area contributed by atoms with Gasteiger partial charge in [0.25, 0.3) is 16.8 Å². The average molecular weight is 470 g/mol. The fourth-order valence-electron chi connectivity index (χ4n) is 4.05. The number of anilines is 3. The molecule has 33 heavy (non-hydrogen) atoms. The summed E-state index contributed by atoms with van der Waals surface area (Å²) in [4.78, 5) is 48.5. The molecule has 1 aromatic carbocycles. The summed E-state index contributed by atoms with van der Waals surface area (Å²) in [6.45, 7) is 8.45. The van der Waals surface area contributed by atoms with E-state index in [0.717, 1.165) is 28.4 Å². The molecule has 0 saturated heterocycles. The van der Waals surface area contributed by atoms with Gasteiger partial charge in [-0.3, -0.25) is 14.4 Å². The van der Waals surface area contributed by atoms with Crippen LogP contribution < -0.4 is 21.5 Å². The van der Waals surface area contributed by atoms with Crippen LogP contribution in [0.1, 0.15) is 59.3 Å². The van der Waals surface area contributed by atoms with E-state index in [9.17, 15) is 19.5 Å². The Kier molecular flexibility index (Phi) is 5.73. The number of aromatic nitrogens is 2. The Morgan fingerprint density at radius 2 is 2.00 bits per heavy atom. The first-order valence-electron chi connectivity index (χ1n) is 10.8. The molecule has 1 aliphatic rings. The van der Waals surface area contributed by atoms with Crippen LogP contribution in [0.2, 0.25) is 0 Å². The first-order valence-corrected chi connectivity index (χ1v) is 11.6. The molecule has 0 spiro atoms. The minimum atomic E-state index is -0.679. The number of carbonyl (C=O) groups excluding carboxylic acids is 1. The van der Waals surface area contributed by atoms with E-state index in [1.54, 1.807) is 25.3 Å². The van der Waals surface area contributed by atoms with Crippen LogP contribution in [0.15, 0.2) is 21.9 Å². The summed E-state index contributed by atoms with van der Waals surface area (Å²) in [5.41, 5.74) is -0.191. The van der Waals surface area contributed by atoms with Crippen LogP contribution in [0.3, 0.4) is 0 Å². The maximum absolute atomic E-state index is 12.5. The minimum absolute atomic E-state index is 0.0629. The van der Waals surface area contributed by atoms with E-state index in [1.165, 1.54) is 17.2 Å². The molecule has 1 unspecified atom stereocenters. The molecule has 0 fully saturated rings. The van der Waals surface area contributed by atoms with Crippen molar-refractivity contribution in [2.75, 3.05) is 24.2 Å². The largest absolute Gasteiger partial charge is 0.504 e. The van der Waals surface area contributed by atoms with E-state index < -0.39 is 16.8 Å². The highest BCUT2D eigenvalue weighted by atomic mass is 32.1. The third-order valence-corrected chi connectivity index (χ3v) is 7.37. The quantitative estimate of drug-likeness (QED) is 0.471. The predicted molar refractivity (Wildman–Crippen MR) is 128 cm³/mol. The second kappa shape index (κ2) is 8.26. The SMILES string of the molecule is CCN(C)C(=O)c1nccc(Nc2c(NC3c4sc(C)nc4CCC3(C)C)c(=O)c2=O)c1O. The number of carbonyl (C=O) groups is 1. The molecule has 0 saturated carbocycles. The molecule has 2 heterocycles. The second-order valence-electron chi connectivity index (χ2n) is 9.02. The van der Waals surface area contributed by atoms with Gasteiger partial charge in [-0.05, 0) is 38.2 Å². The van der Waals surface area contributed by atoms with E-state index in [-0.39, 0.29) is 40.0 Å². The number of nitrogens with one attached hydrogen (secondary N) is 2. The lowest BCUT2D eigenvalue weighted by molar-refractivity contribution is 0.0793. The van der Waals surface area contributed by atoms with Crippen LogP contribution in [0, 0.1) is 12.3 Å². The van der Waals surface area contributed by atoms with Crippen molar-refractivity contribution < 1.29 is 9.90 Å². The van der Waals surface area contributed by atoms with Gasteiger partial charge in [0.1, 0.15) is 11.4 Å². The molecule has 1 aliphatic carbocycles. The third kappa shape index (κ3) is 3.88. The van der Waals surface area contributed by atoms with Crippen molar-refractivity contribution in [3.63, 3.8) is 0 Å². The van der Waals surface area contributed by atoms with E-state index in [2.05, 4.69) is 34.4 Å². The number of aryl methyl sites for hydroxylation is 2. The van der Waals surface area contributed by atoms with Crippen molar-refractivity contribution in [2.24, 2.45) is 5.41 Å². The predicted octanol–water partition coefficient (Wildman–Crippen LogP) is 3.11. The van der Waals surface area contributed by atoms with Gasteiger partial charge in [-0.1, -0.05) is 13.8 Å². The number of fused-ring (bicyclic) bond motifs is 1. The molecular weight excluding hydrogens is 442 g/mol. The summed E-state index contributed by atoms with van der Waals surface area (Å²) < 4.78 is 0. The van der Waals surface area contributed by atoms with Gasteiger partial charge in [-0.25, -0.2) is 9.97 Å². The van der Waals surface area contributed by atoms with Crippen molar-refractivity contribution in [1.29, 1.82) is 0 Å². The van der Waals surface area contributed by atoms with Crippen molar-refractivity contribution >= 4 is 34.3 Å². The highest BCUT2D eigenvalue weighted by Crippen LogP contribution is 2.47. The summed E-state index contributed by atoms with van der Waals surface area (Å²) >= 11 is 1.59. The van der Waals surface area contributed by atoms with Gasteiger partial charge >= 0.3 is 0 Å². The van der Waals surface area contributed by atoms with Crippen molar-refractivity contribution in [3.8, 4) is 5.75 Å². The molecule has 0 bridgehead atoms. The minimum Gasteiger partial charge on any atom is -0.504 e. The Bertz CT molecular complexity index is 1310. The number of hydrogen-bond donors (Lipinski definition) is 3. The Balaban J connectivity index is 1.67. The van der Waals surface area contributed by atoms with Gasteiger partial charge in [0.15, 0.2) is 11.4 Å². The lowest BCUT2D eigenvalue weighted by atomic mass is 9.74. The van der Waals surface area contributed by atoms with Crippen molar-refractivity contribution in [2.45, 2.75) is 46.6 Å². The van der Waals surface area contributed by atoms with Crippen LogP contribution in [0.4, 0.5) is 17.1 Å². The smallest absolute Gasteiger partial charge is 0.276 e. The second-order valence-corrected chi connectivity index (χ2v) is 10.3. The van der Waals surface area contributed by atoms with Crippen LogP contribution in [-0.4, -0.2) is 39.5 Å². The molecule has 3 N–H and O–H groups in total. The summed E-state index contributed by atoms with van der Waals surface area (Å²) in [7, 11) is 1.60. The molecule has 1 amide bonds. The van der Waals surface area contributed by atoms with E-state index in [1.807, 2.05) is 6.92 Å². The molecule has 10 heteroatoms. The number of aromatic hydroxyl groups is 1. The Morgan fingerprint density at radius 1 is 1.30 bits per heavy atom. The van der Waals surface area contributed by atoms with Gasteiger partial charge < -0.3 is 20.6 Å². The highest BCUT2D eigenvalue weighted by molar-refractivity contribution is 7.11. The summed E-state index contributed by atoms with van der Waals surface area (Å²) in [5, 5.41) is 17.7. The summed E-state index contributed by atoms with van der Waals surface area (Å²) in [6.07, 6.45) is 3.13. The maximum atomic E-state index is 12.5. The molecule has 3 aromatic rings. The van der Waals surface area contributed by atoms with E-state index >= 15 is 0 Å². The number of thiazole rings is 1. The van der Waals surface area contributed by atoms with Gasteiger partial charge in [-0.2, -0.15) is 0 Å². The van der Waals surface area contributed by atoms with Crippen LogP contribution in [0.25, 0.3) is 0 Å². The lowest BCUT2D eigenvalue weighted by Gasteiger charge is -2.39. The summed E-state index contributed by atoms with van der Waals surface area (Å²) in [6, 6.07) is 1.27. The zero-order valence-electron chi connectivity index (χ0n) is 19.3. The van der Waals surface area contributed by atoms with Crippen molar-refractivity contribution in [1.82, 2.24) is 14.9 Å². The van der Waals surface area contributed by atoms with Gasteiger partial charge in [0, 0.05) is 19.8 Å². The molecule has 9 nitrogen and oxygen atoms in total. The molecule has 1 atom stereocenters. The molecular formula is C23H27N5O4S. The van der Waals surface area contributed by atoms with Gasteiger partial charge in [0.2, 0.25) is 0 Å². The third-order valence-electron chi connectivity index (χ3n) is 6.29.